The number of alkyl carbamates (subject to hydrolysis) is 1. The van der Waals surface area contributed by atoms with Crippen molar-refractivity contribution < 1.29 is 24.2 Å². The number of carbonyl (C=O) groups excluding carboxylic acids is 2. The summed E-state index contributed by atoms with van der Waals surface area (Å²) < 4.78 is 5.58. The first-order valence-electron chi connectivity index (χ1n) is 11.6. The number of rotatable bonds is 8. The number of carboxylic acid groups (broad SMARTS) is 1. The Morgan fingerprint density at radius 2 is 1.60 bits per heavy atom. The van der Waals surface area contributed by atoms with Crippen LogP contribution in [0.3, 0.4) is 0 Å². The van der Waals surface area contributed by atoms with Crippen LogP contribution in [0.2, 0.25) is 0 Å². The third kappa shape index (κ3) is 5.19. The van der Waals surface area contributed by atoms with Gasteiger partial charge in [-0.1, -0.05) is 61.9 Å². The fraction of sp³-hybridized carbons (Fsp3) is 0.250. The van der Waals surface area contributed by atoms with Crippen molar-refractivity contribution in [3.63, 3.8) is 0 Å². The van der Waals surface area contributed by atoms with Crippen LogP contribution in [0.1, 0.15) is 52.7 Å². The van der Waals surface area contributed by atoms with Crippen molar-refractivity contribution >= 4 is 23.7 Å². The number of fused-ring (bicyclic) bond motifs is 3. The third-order valence-corrected chi connectivity index (χ3v) is 6.25. The summed E-state index contributed by atoms with van der Waals surface area (Å²) >= 11 is 0. The molecule has 0 saturated carbocycles. The van der Waals surface area contributed by atoms with Gasteiger partial charge in [-0.05, 0) is 59.4 Å². The van der Waals surface area contributed by atoms with E-state index in [1.54, 1.807) is 13.0 Å². The highest BCUT2D eigenvalue weighted by Gasteiger charge is 2.29. The van der Waals surface area contributed by atoms with Crippen molar-refractivity contribution in [3.8, 4) is 11.1 Å². The van der Waals surface area contributed by atoms with Crippen molar-refractivity contribution in [2.45, 2.75) is 38.6 Å². The normalized spacial score (nSPS) is 12.9. The molecular weight excluding hydrogens is 444 g/mol. The minimum Gasteiger partial charge on any atom is -0.478 e. The molecule has 0 heterocycles. The molecule has 7 heteroatoms. The van der Waals surface area contributed by atoms with Gasteiger partial charge in [0.25, 0.3) is 0 Å². The zero-order valence-electron chi connectivity index (χ0n) is 19.7. The summed E-state index contributed by atoms with van der Waals surface area (Å²) in [6.45, 7) is 3.75. The largest absolute Gasteiger partial charge is 0.478 e. The van der Waals surface area contributed by atoms with E-state index < -0.39 is 18.1 Å². The summed E-state index contributed by atoms with van der Waals surface area (Å²) in [7, 11) is 0. The number of ether oxygens (including phenoxy) is 1. The molecule has 0 saturated heterocycles. The Morgan fingerprint density at radius 3 is 2.17 bits per heavy atom. The van der Waals surface area contributed by atoms with Gasteiger partial charge in [-0.2, -0.15) is 0 Å². The van der Waals surface area contributed by atoms with Crippen LogP contribution in [0.15, 0.2) is 66.7 Å². The van der Waals surface area contributed by atoms with Crippen molar-refractivity contribution in [2.24, 2.45) is 0 Å². The van der Waals surface area contributed by atoms with Crippen LogP contribution in [-0.2, 0) is 9.53 Å². The minimum atomic E-state index is -1.03. The van der Waals surface area contributed by atoms with Gasteiger partial charge in [-0.25, -0.2) is 9.59 Å². The number of amides is 2. The summed E-state index contributed by atoms with van der Waals surface area (Å²) in [5.74, 6) is -1.48. The van der Waals surface area contributed by atoms with E-state index in [1.807, 2.05) is 43.3 Å². The van der Waals surface area contributed by atoms with Gasteiger partial charge < -0.3 is 20.5 Å². The van der Waals surface area contributed by atoms with Gasteiger partial charge in [0, 0.05) is 11.6 Å². The smallest absolute Gasteiger partial charge is 0.407 e. The van der Waals surface area contributed by atoms with Gasteiger partial charge in [0.05, 0.1) is 5.56 Å². The average molecular weight is 473 g/mol. The molecule has 1 aliphatic rings. The number of anilines is 1. The SMILES string of the molecule is CCC[C@H](NC(=O)OCC1c2ccccc2-c2ccccc21)C(=O)Nc1ccc(C(=O)O)c(C)c1. The van der Waals surface area contributed by atoms with Gasteiger partial charge in [0.2, 0.25) is 5.91 Å². The highest BCUT2D eigenvalue weighted by atomic mass is 16.5. The first-order valence-corrected chi connectivity index (χ1v) is 11.6. The van der Waals surface area contributed by atoms with Crippen LogP contribution < -0.4 is 10.6 Å². The van der Waals surface area contributed by atoms with Crippen molar-refractivity contribution in [3.05, 3.63) is 89.0 Å². The van der Waals surface area contributed by atoms with E-state index in [0.717, 1.165) is 22.3 Å². The van der Waals surface area contributed by atoms with Crippen molar-refractivity contribution in [2.75, 3.05) is 11.9 Å². The molecule has 0 spiro atoms. The van der Waals surface area contributed by atoms with E-state index in [4.69, 9.17) is 4.74 Å². The molecule has 180 valence electrons. The predicted octanol–water partition coefficient (Wildman–Crippen LogP) is 5.34. The molecule has 0 radical (unpaired) electrons. The molecule has 0 aliphatic heterocycles. The van der Waals surface area contributed by atoms with Crippen molar-refractivity contribution in [1.29, 1.82) is 0 Å². The predicted molar refractivity (Wildman–Crippen MR) is 134 cm³/mol. The third-order valence-electron chi connectivity index (χ3n) is 6.25. The summed E-state index contributed by atoms with van der Waals surface area (Å²) in [5, 5.41) is 14.6. The van der Waals surface area contributed by atoms with Gasteiger partial charge in [0.15, 0.2) is 0 Å². The van der Waals surface area contributed by atoms with Crippen LogP contribution in [-0.4, -0.2) is 35.7 Å². The highest BCUT2D eigenvalue weighted by Crippen LogP contribution is 2.44. The summed E-state index contributed by atoms with van der Waals surface area (Å²) in [6.07, 6.45) is 0.457. The van der Waals surface area contributed by atoms with Gasteiger partial charge in [-0.15, -0.1) is 0 Å². The van der Waals surface area contributed by atoms with E-state index in [-0.39, 0.29) is 24.0 Å². The Labute approximate surface area is 204 Å². The zero-order valence-corrected chi connectivity index (χ0v) is 19.7. The maximum atomic E-state index is 12.9. The molecule has 0 fully saturated rings. The Hall–Kier alpha value is -4.13. The van der Waals surface area contributed by atoms with E-state index >= 15 is 0 Å². The molecule has 3 aromatic rings. The zero-order chi connectivity index (χ0) is 24.9. The molecule has 1 aliphatic carbocycles. The average Bonchev–Trinajstić information content (AvgIpc) is 3.16. The fourth-order valence-corrected chi connectivity index (χ4v) is 4.55. The van der Waals surface area contributed by atoms with E-state index in [1.165, 1.54) is 12.1 Å². The first-order chi connectivity index (χ1) is 16.9. The number of hydrogen-bond acceptors (Lipinski definition) is 4. The molecule has 0 aromatic heterocycles. The molecule has 35 heavy (non-hydrogen) atoms. The van der Waals surface area contributed by atoms with Gasteiger partial charge in [-0.3, -0.25) is 4.79 Å². The van der Waals surface area contributed by atoms with E-state index in [9.17, 15) is 19.5 Å². The number of benzene rings is 3. The van der Waals surface area contributed by atoms with Crippen LogP contribution in [0.25, 0.3) is 11.1 Å². The van der Waals surface area contributed by atoms with Crippen LogP contribution in [0.4, 0.5) is 10.5 Å². The second-order valence-corrected chi connectivity index (χ2v) is 8.64. The molecule has 1 atom stereocenters. The summed E-state index contributed by atoms with van der Waals surface area (Å²) in [5.41, 5.74) is 5.69. The Kier molecular flexibility index (Phi) is 7.15. The molecule has 0 bridgehead atoms. The van der Waals surface area contributed by atoms with Crippen LogP contribution >= 0.6 is 0 Å². The lowest BCUT2D eigenvalue weighted by atomic mass is 9.98. The topological polar surface area (TPSA) is 105 Å². The fourth-order valence-electron chi connectivity index (χ4n) is 4.55. The molecule has 4 rings (SSSR count). The summed E-state index contributed by atoms with van der Waals surface area (Å²) in [6, 6.07) is 20.0. The molecule has 7 nitrogen and oxygen atoms in total. The quantitative estimate of drug-likeness (QED) is 0.411. The second kappa shape index (κ2) is 10.4. The van der Waals surface area contributed by atoms with E-state index in [2.05, 4.69) is 22.8 Å². The van der Waals surface area contributed by atoms with Crippen molar-refractivity contribution in [1.82, 2.24) is 5.32 Å². The maximum absolute atomic E-state index is 12.9. The molecule has 0 unspecified atom stereocenters. The number of nitrogens with one attached hydrogen (secondary N) is 2. The molecular formula is C28H28N2O5. The lowest BCUT2D eigenvalue weighted by Gasteiger charge is -2.19. The monoisotopic (exact) mass is 472 g/mol. The number of hydrogen-bond donors (Lipinski definition) is 3. The van der Waals surface area contributed by atoms with Crippen LogP contribution in [0, 0.1) is 6.92 Å². The first kappa shape index (κ1) is 24.0. The Morgan fingerprint density at radius 1 is 0.971 bits per heavy atom. The number of carboxylic acids is 1. The molecule has 3 N–H and O–H groups in total. The lowest BCUT2D eigenvalue weighted by molar-refractivity contribution is -0.118. The Balaban J connectivity index is 1.40. The Bertz CT molecular complexity index is 1220. The van der Waals surface area contributed by atoms with Crippen LogP contribution in [0.5, 0.6) is 0 Å². The second-order valence-electron chi connectivity index (χ2n) is 8.64. The minimum absolute atomic E-state index is 0.0673. The van der Waals surface area contributed by atoms with E-state index in [0.29, 0.717) is 24.1 Å². The lowest BCUT2D eigenvalue weighted by Crippen LogP contribution is -2.44. The number of aromatic carboxylic acids is 1. The van der Waals surface area contributed by atoms with Gasteiger partial charge in [0.1, 0.15) is 12.6 Å². The number of carbonyl (C=O) groups is 3. The maximum Gasteiger partial charge on any atom is 0.407 e. The highest BCUT2D eigenvalue weighted by molar-refractivity contribution is 5.97. The standard InChI is InChI=1S/C28H28N2O5/c1-3-8-25(26(31)29-18-13-14-19(27(32)33)17(2)15-18)30-28(34)35-16-24-22-11-6-4-9-20(22)21-10-5-7-12-23(21)24/h4-7,9-15,24-25H,3,8,16H2,1-2H3,(H,29,31)(H,30,34)(H,32,33)/t25-/m0/s1. The number of aryl methyl sites for hydroxylation is 1. The molecule has 3 aromatic carbocycles. The van der Waals surface area contributed by atoms with Gasteiger partial charge >= 0.3 is 12.1 Å². The summed E-state index contributed by atoms with van der Waals surface area (Å²) in [4.78, 5) is 36.7. The molecule has 2 amide bonds.